The van der Waals surface area contributed by atoms with E-state index in [4.69, 9.17) is 16.3 Å². The van der Waals surface area contributed by atoms with Crippen molar-refractivity contribution < 1.29 is 27.8 Å². The maximum Gasteiger partial charge on any atom is 0.358 e. The van der Waals surface area contributed by atoms with Crippen LogP contribution >= 0.6 is 22.9 Å². The van der Waals surface area contributed by atoms with Gasteiger partial charge in [0.2, 0.25) is 0 Å². The normalized spacial score (nSPS) is 16.5. The molecule has 3 aromatic rings. The molecule has 34 heavy (non-hydrogen) atoms. The van der Waals surface area contributed by atoms with Gasteiger partial charge in [-0.05, 0) is 73.3 Å². The Morgan fingerprint density at radius 2 is 1.97 bits per heavy atom. The minimum absolute atomic E-state index is 0.00697. The van der Waals surface area contributed by atoms with E-state index in [2.05, 4.69) is 5.32 Å². The van der Waals surface area contributed by atoms with Crippen molar-refractivity contribution in [1.29, 1.82) is 0 Å². The van der Waals surface area contributed by atoms with E-state index in [1.54, 1.807) is 18.2 Å². The highest BCUT2D eigenvalue weighted by Crippen LogP contribution is 2.38. The van der Waals surface area contributed by atoms with E-state index in [1.807, 2.05) is 4.90 Å². The first-order valence-electron chi connectivity index (χ1n) is 10.8. The molecular weight excluding hydrogens is 489 g/mol. The molecule has 1 unspecified atom stereocenters. The van der Waals surface area contributed by atoms with Crippen molar-refractivity contribution in [3.63, 3.8) is 0 Å². The molecule has 0 radical (unpaired) electrons. The van der Waals surface area contributed by atoms with Gasteiger partial charge in [0.15, 0.2) is 11.6 Å². The second-order valence-corrected chi connectivity index (χ2v) is 9.81. The van der Waals surface area contributed by atoms with Crippen LogP contribution in [0.5, 0.6) is 5.75 Å². The molecule has 10 heteroatoms. The number of carbonyl (C=O) groups is 1. The Morgan fingerprint density at radius 3 is 2.65 bits per heavy atom. The number of nitrogens with zero attached hydrogens (tertiary/aromatic N) is 1. The van der Waals surface area contributed by atoms with Gasteiger partial charge in [0, 0.05) is 16.3 Å². The molecule has 0 aliphatic carbocycles. The quantitative estimate of drug-likeness (QED) is 0.440. The predicted molar refractivity (Wildman–Crippen MR) is 126 cm³/mol. The van der Waals surface area contributed by atoms with Gasteiger partial charge in [0.25, 0.3) is 5.91 Å². The monoisotopic (exact) mass is 512 g/mol. The SMILES string of the molecule is COc1ccc(C(O)[C@@H](CN2CCCC2)NC(=O)C(F)(F)c2cc3cc(Cl)ccc3s2)cc1F. The van der Waals surface area contributed by atoms with Crippen LogP contribution in [0, 0.1) is 5.82 Å². The lowest BCUT2D eigenvalue weighted by molar-refractivity contribution is -0.148. The lowest BCUT2D eigenvalue weighted by Gasteiger charge is -2.30. The van der Waals surface area contributed by atoms with Gasteiger partial charge in [-0.15, -0.1) is 11.3 Å². The third-order valence-corrected chi connectivity index (χ3v) is 7.36. The van der Waals surface area contributed by atoms with Crippen LogP contribution in [0.3, 0.4) is 0 Å². The summed E-state index contributed by atoms with van der Waals surface area (Å²) in [5.74, 6) is -6.06. The molecule has 5 nitrogen and oxygen atoms in total. The molecule has 2 atom stereocenters. The predicted octanol–water partition coefficient (Wildman–Crippen LogP) is 5.11. The van der Waals surface area contributed by atoms with Crippen molar-refractivity contribution in [2.75, 3.05) is 26.7 Å². The Hall–Kier alpha value is -2.33. The molecule has 1 fully saturated rings. The van der Waals surface area contributed by atoms with E-state index in [0.717, 1.165) is 43.3 Å². The first-order chi connectivity index (χ1) is 16.2. The molecule has 1 saturated heterocycles. The zero-order valence-electron chi connectivity index (χ0n) is 18.4. The van der Waals surface area contributed by atoms with Crippen molar-refractivity contribution in [3.8, 4) is 5.75 Å². The van der Waals surface area contributed by atoms with Gasteiger partial charge in [-0.1, -0.05) is 17.7 Å². The Bertz CT molecular complexity index is 1180. The van der Waals surface area contributed by atoms with Crippen LogP contribution in [0.15, 0.2) is 42.5 Å². The summed E-state index contributed by atoms with van der Waals surface area (Å²) in [7, 11) is 1.31. The van der Waals surface area contributed by atoms with Crippen LogP contribution in [-0.2, 0) is 10.7 Å². The number of carbonyl (C=O) groups excluding carboxylic acids is 1. The van der Waals surface area contributed by atoms with Crippen molar-refractivity contribution in [1.82, 2.24) is 10.2 Å². The molecule has 182 valence electrons. The topological polar surface area (TPSA) is 61.8 Å². The number of aliphatic hydroxyl groups is 1. The fourth-order valence-electron chi connectivity index (χ4n) is 4.11. The zero-order chi connectivity index (χ0) is 24.5. The van der Waals surface area contributed by atoms with E-state index in [0.29, 0.717) is 15.1 Å². The third-order valence-electron chi connectivity index (χ3n) is 5.94. The Kier molecular flexibility index (Phi) is 7.37. The standard InChI is InChI=1S/C24H24ClF3N2O3S/c1-33-19-6-4-14(11-17(19)26)22(31)18(13-30-8-2-3-9-30)29-23(32)24(27,28)21-12-15-10-16(25)5-7-20(15)34-21/h4-7,10-12,18,22,31H,2-3,8-9,13H2,1H3,(H,29,32)/t18-,22?/m1/s1. The smallest absolute Gasteiger partial charge is 0.358 e. The third kappa shape index (κ3) is 5.17. The van der Waals surface area contributed by atoms with E-state index in [-0.39, 0.29) is 17.9 Å². The molecule has 1 aromatic heterocycles. The number of hydrogen-bond acceptors (Lipinski definition) is 5. The number of benzene rings is 2. The van der Waals surface area contributed by atoms with Crippen LogP contribution < -0.4 is 10.1 Å². The number of thiophene rings is 1. The van der Waals surface area contributed by atoms with Crippen molar-refractivity contribution in [2.45, 2.75) is 30.9 Å². The van der Waals surface area contributed by atoms with Crippen molar-refractivity contribution in [2.24, 2.45) is 0 Å². The molecule has 2 aromatic carbocycles. The summed E-state index contributed by atoms with van der Waals surface area (Å²) in [6.07, 6.45) is 0.477. The van der Waals surface area contributed by atoms with Crippen LogP contribution in [-0.4, -0.2) is 48.7 Å². The Morgan fingerprint density at radius 1 is 1.24 bits per heavy atom. The van der Waals surface area contributed by atoms with Crippen molar-refractivity contribution >= 4 is 38.9 Å². The fraction of sp³-hybridized carbons (Fsp3) is 0.375. The lowest BCUT2D eigenvalue weighted by Crippen LogP contribution is -2.50. The number of likely N-dealkylation sites (tertiary alicyclic amines) is 1. The molecule has 4 rings (SSSR count). The van der Waals surface area contributed by atoms with E-state index >= 15 is 8.78 Å². The number of fused-ring (bicyclic) bond motifs is 1. The molecule has 1 aliphatic rings. The summed E-state index contributed by atoms with van der Waals surface area (Å²) < 4.78 is 50.1. The largest absolute Gasteiger partial charge is 0.494 e. The van der Waals surface area contributed by atoms with E-state index < -0.39 is 34.7 Å². The van der Waals surface area contributed by atoms with E-state index in [9.17, 15) is 14.3 Å². The number of alkyl halides is 2. The first-order valence-corrected chi connectivity index (χ1v) is 12.0. The summed E-state index contributed by atoms with van der Waals surface area (Å²) in [6.45, 7) is 1.60. The average Bonchev–Trinajstić information content (AvgIpc) is 3.47. The minimum Gasteiger partial charge on any atom is -0.494 e. The average molecular weight is 513 g/mol. The van der Waals surface area contributed by atoms with Gasteiger partial charge < -0.3 is 20.1 Å². The van der Waals surface area contributed by atoms with Crippen LogP contribution in [0.4, 0.5) is 13.2 Å². The molecule has 0 spiro atoms. The number of aliphatic hydroxyl groups excluding tert-OH is 1. The lowest BCUT2D eigenvalue weighted by atomic mass is 10.0. The number of halogens is 4. The number of hydrogen-bond donors (Lipinski definition) is 2. The highest BCUT2D eigenvalue weighted by molar-refractivity contribution is 7.19. The van der Waals surface area contributed by atoms with Gasteiger partial charge in [-0.2, -0.15) is 8.78 Å². The number of rotatable bonds is 8. The molecule has 0 saturated carbocycles. The summed E-state index contributed by atoms with van der Waals surface area (Å²) in [5.41, 5.74) is 0.155. The van der Waals surface area contributed by atoms with Gasteiger partial charge >= 0.3 is 5.92 Å². The van der Waals surface area contributed by atoms with Crippen LogP contribution in [0.2, 0.25) is 5.02 Å². The highest BCUT2D eigenvalue weighted by atomic mass is 35.5. The zero-order valence-corrected chi connectivity index (χ0v) is 19.9. The Labute approximate surface area is 204 Å². The molecule has 2 N–H and O–H groups in total. The molecule has 0 bridgehead atoms. The molecule has 1 aliphatic heterocycles. The summed E-state index contributed by atoms with van der Waals surface area (Å²) in [4.78, 5) is 14.3. The summed E-state index contributed by atoms with van der Waals surface area (Å²) in [5, 5.41) is 14.2. The number of nitrogens with one attached hydrogen (secondary N) is 1. The molecular formula is C24H24ClF3N2O3S. The number of amides is 1. The van der Waals surface area contributed by atoms with Crippen molar-refractivity contribution in [3.05, 3.63) is 63.7 Å². The number of methoxy groups -OCH3 is 1. The van der Waals surface area contributed by atoms with Gasteiger partial charge in [-0.25, -0.2) is 4.39 Å². The first kappa shape index (κ1) is 24.8. The van der Waals surface area contributed by atoms with Crippen LogP contribution in [0.1, 0.15) is 29.4 Å². The fourth-order valence-corrected chi connectivity index (χ4v) is 5.30. The van der Waals surface area contributed by atoms with Crippen LogP contribution in [0.25, 0.3) is 10.1 Å². The molecule has 2 heterocycles. The second-order valence-electron chi connectivity index (χ2n) is 8.29. The number of ether oxygens (including phenoxy) is 1. The maximum atomic E-state index is 15.2. The van der Waals surface area contributed by atoms with Gasteiger partial charge in [-0.3, -0.25) is 4.79 Å². The minimum atomic E-state index is -3.83. The maximum absolute atomic E-state index is 15.2. The Balaban J connectivity index is 1.59. The second kappa shape index (κ2) is 10.1. The van der Waals surface area contributed by atoms with E-state index in [1.165, 1.54) is 25.3 Å². The van der Waals surface area contributed by atoms with Gasteiger partial charge in [0.05, 0.1) is 18.0 Å². The molecule has 1 amide bonds. The highest BCUT2D eigenvalue weighted by Gasteiger charge is 2.44. The summed E-state index contributed by atoms with van der Waals surface area (Å²) in [6, 6.07) is 8.83. The van der Waals surface area contributed by atoms with Gasteiger partial charge in [0.1, 0.15) is 6.10 Å². The summed E-state index contributed by atoms with van der Waals surface area (Å²) >= 11 is 6.75.